The lowest BCUT2D eigenvalue weighted by Gasteiger charge is -2.32. The second kappa shape index (κ2) is 6.61. The van der Waals surface area contributed by atoms with Crippen molar-refractivity contribution in [2.45, 2.75) is 25.9 Å². The Morgan fingerprint density at radius 3 is 2.92 bits per heavy atom. The number of furan rings is 1. The molecule has 132 valence electrons. The number of likely N-dealkylation sites (tertiary alicyclic amines) is 1. The second-order valence-corrected chi connectivity index (χ2v) is 7.39. The molecule has 4 heteroatoms. The first-order valence-corrected chi connectivity index (χ1v) is 9.45. The lowest BCUT2D eigenvalue weighted by molar-refractivity contribution is 0.154. The van der Waals surface area contributed by atoms with E-state index in [-0.39, 0.29) is 0 Å². The molecule has 0 amide bonds. The molecule has 2 aromatic carbocycles. The Balaban J connectivity index is 1.36. The molecule has 1 fully saturated rings. The van der Waals surface area contributed by atoms with Gasteiger partial charge in [0, 0.05) is 30.4 Å². The monoisotopic (exact) mass is 345 g/mol. The molecule has 0 radical (unpaired) electrons. The van der Waals surface area contributed by atoms with E-state index in [0.717, 1.165) is 30.6 Å². The quantitative estimate of drug-likeness (QED) is 0.538. The summed E-state index contributed by atoms with van der Waals surface area (Å²) in [6.45, 7) is 4.34. The normalized spacial score (nSPS) is 18.7. The van der Waals surface area contributed by atoms with E-state index in [1.807, 2.05) is 12.3 Å². The fourth-order valence-corrected chi connectivity index (χ4v) is 4.30. The minimum absolute atomic E-state index is 0.637. The molecular weight excluding hydrogens is 322 g/mol. The molecule has 3 heterocycles. The number of hydrogen-bond acceptors (Lipinski definition) is 3. The zero-order chi connectivity index (χ0) is 17.3. The van der Waals surface area contributed by atoms with Crippen LogP contribution < -0.4 is 0 Å². The average Bonchev–Trinajstić information content (AvgIpc) is 3.29. The van der Waals surface area contributed by atoms with Crippen LogP contribution in [0.3, 0.4) is 0 Å². The van der Waals surface area contributed by atoms with Crippen molar-refractivity contribution >= 4 is 21.9 Å². The van der Waals surface area contributed by atoms with Gasteiger partial charge in [0.2, 0.25) is 0 Å². The predicted molar refractivity (Wildman–Crippen MR) is 104 cm³/mol. The van der Waals surface area contributed by atoms with E-state index < -0.39 is 0 Å². The summed E-state index contributed by atoms with van der Waals surface area (Å²) >= 11 is 0. The first-order valence-electron chi connectivity index (χ1n) is 9.45. The molecule has 2 aromatic heterocycles. The zero-order valence-electron chi connectivity index (χ0n) is 14.8. The minimum Gasteiger partial charge on any atom is -0.464 e. The van der Waals surface area contributed by atoms with Crippen LogP contribution in [0.25, 0.3) is 21.9 Å². The molecule has 0 aliphatic carbocycles. The molecule has 4 aromatic rings. The van der Waals surface area contributed by atoms with Gasteiger partial charge in [-0.3, -0.25) is 9.58 Å². The van der Waals surface area contributed by atoms with Crippen molar-refractivity contribution in [2.75, 3.05) is 13.1 Å². The van der Waals surface area contributed by atoms with E-state index in [2.05, 4.69) is 57.1 Å². The molecule has 4 nitrogen and oxygen atoms in total. The highest BCUT2D eigenvalue weighted by molar-refractivity contribution is 6.03. The van der Waals surface area contributed by atoms with Gasteiger partial charge in [-0.1, -0.05) is 30.3 Å². The molecule has 5 rings (SSSR count). The van der Waals surface area contributed by atoms with Crippen molar-refractivity contribution in [1.82, 2.24) is 14.7 Å². The fourth-order valence-electron chi connectivity index (χ4n) is 4.30. The number of aromatic nitrogens is 2. The van der Waals surface area contributed by atoms with Crippen LogP contribution >= 0.6 is 0 Å². The van der Waals surface area contributed by atoms with Gasteiger partial charge in [0.1, 0.15) is 5.58 Å². The van der Waals surface area contributed by atoms with E-state index in [1.54, 1.807) is 6.26 Å². The zero-order valence-corrected chi connectivity index (χ0v) is 14.8. The van der Waals surface area contributed by atoms with Gasteiger partial charge < -0.3 is 4.42 Å². The van der Waals surface area contributed by atoms with E-state index in [0.29, 0.717) is 5.92 Å². The molecule has 1 atom stereocenters. The lowest BCUT2D eigenvalue weighted by atomic mass is 9.97. The highest BCUT2D eigenvalue weighted by Gasteiger charge is 2.21. The highest BCUT2D eigenvalue weighted by Crippen LogP contribution is 2.28. The number of nitrogens with zero attached hydrogens (tertiary/aromatic N) is 3. The molecule has 1 aliphatic heterocycles. The fraction of sp³-hybridized carbons (Fsp3) is 0.318. The second-order valence-electron chi connectivity index (χ2n) is 7.39. The summed E-state index contributed by atoms with van der Waals surface area (Å²) < 4.78 is 7.76. The summed E-state index contributed by atoms with van der Waals surface area (Å²) in [6, 6.07) is 17.0. The van der Waals surface area contributed by atoms with Crippen molar-refractivity contribution in [3.63, 3.8) is 0 Å². The number of rotatable bonds is 4. The van der Waals surface area contributed by atoms with Crippen LogP contribution in [0, 0.1) is 5.92 Å². The molecule has 26 heavy (non-hydrogen) atoms. The summed E-state index contributed by atoms with van der Waals surface area (Å²) in [6.07, 6.45) is 6.28. The van der Waals surface area contributed by atoms with Crippen LogP contribution in [0.1, 0.15) is 18.4 Å². The lowest BCUT2D eigenvalue weighted by Crippen LogP contribution is -2.36. The maximum atomic E-state index is 5.57. The highest BCUT2D eigenvalue weighted by atomic mass is 16.3. The molecule has 0 saturated carbocycles. The van der Waals surface area contributed by atoms with Crippen molar-refractivity contribution in [3.05, 3.63) is 66.6 Å². The molecular formula is C22H23N3O. The summed E-state index contributed by atoms with van der Waals surface area (Å²) in [5.41, 5.74) is 3.54. The van der Waals surface area contributed by atoms with Crippen LogP contribution in [0.15, 0.2) is 65.4 Å². The Morgan fingerprint density at radius 1 is 1.08 bits per heavy atom. The first-order chi connectivity index (χ1) is 12.9. The average molecular weight is 345 g/mol. The predicted octanol–water partition coefficient (Wildman–Crippen LogP) is 4.69. The third kappa shape index (κ3) is 2.90. The van der Waals surface area contributed by atoms with Crippen LogP contribution in [0.5, 0.6) is 0 Å². The van der Waals surface area contributed by atoms with E-state index >= 15 is 0 Å². The Labute approximate surface area is 153 Å². The van der Waals surface area contributed by atoms with Crippen LogP contribution in [-0.2, 0) is 13.1 Å². The minimum atomic E-state index is 0.637. The summed E-state index contributed by atoms with van der Waals surface area (Å²) in [4.78, 5) is 2.59. The topological polar surface area (TPSA) is 34.2 Å². The van der Waals surface area contributed by atoms with Crippen molar-refractivity contribution in [1.29, 1.82) is 0 Å². The van der Waals surface area contributed by atoms with Crippen molar-refractivity contribution < 1.29 is 4.42 Å². The number of piperidine rings is 1. The standard InChI is InChI=1S/C22H23N3O/c1-2-5-17(6-3-1)14-24-11-4-7-18(15-24)16-25-22-19(13-23-25)8-9-21-20(22)10-12-26-21/h1-3,5-6,8-10,12-13,18H,4,7,11,14-16H2. The molecule has 1 aliphatic rings. The van der Waals surface area contributed by atoms with E-state index in [1.165, 1.54) is 35.9 Å². The van der Waals surface area contributed by atoms with E-state index in [4.69, 9.17) is 4.42 Å². The van der Waals surface area contributed by atoms with Crippen LogP contribution in [0.2, 0.25) is 0 Å². The largest absolute Gasteiger partial charge is 0.464 e. The number of hydrogen-bond donors (Lipinski definition) is 0. The maximum Gasteiger partial charge on any atom is 0.136 e. The smallest absolute Gasteiger partial charge is 0.136 e. The van der Waals surface area contributed by atoms with Crippen LogP contribution in [-0.4, -0.2) is 27.8 Å². The third-order valence-corrected chi connectivity index (χ3v) is 5.52. The SMILES string of the molecule is c1ccc(CN2CCCC(Cn3ncc4ccc5occc5c43)C2)cc1. The van der Waals surface area contributed by atoms with Gasteiger partial charge in [-0.25, -0.2) is 0 Å². The molecule has 1 saturated heterocycles. The Kier molecular flexibility index (Phi) is 3.98. The summed E-state index contributed by atoms with van der Waals surface area (Å²) in [5, 5.41) is 7.04. The number of benzene rings is 2. The molecule has 1 unspecified atom stereocenters. The Bertz CT molecular complexity index is 1020. The molecule has 0 bridgehead atoms. The van der Waals surface area contributed by atoms with Gasteiger partial charge in [-0.15, -0.1) is 0 Å². The van der Waals surface area contributed by atoms with E-state index in [9.17, 15) is 0 Å². The Hall–Kier alpha value is -2.59. The summed E-state index contributed by atoms with van der Waals surface area (Å²) in [5.74, 6) is 0.637. The van der Waals surface area contributed by atoms with Gasteiger partial charge in [-0.05, 0) is 49.1 Å². The van der Waals surface area contributed by atoms with Crippen molar-refractivity contribution in [3.8, 4) is 0 Å². The summed E-state index contributed by atoms with van der Waals surface area (Å²) in [7, 11) is 0. The molecule has 0 N–H and O–H groups in total. The van der Waals surface area contributed by atoms with Gasteiger partial charge in [-0.2, -0.15) is 5.10 Å². The Morgan fingerprint density at radius 2 is 2.00 bits per heavy atom. The van der Waals surface area contributed by atoms with Gasteiger partial charge in [0.15, 0.2) is 0 Å². The molecule has 0 spiro atoms. The van der Waals surface area contributed by atoms with Gasteiger partial charge in [0.25, 0.3) is 0 Å². The first kappa shape index (κ1) is 15.6. The maximum absolute atomic E-state index is 5.57. The van der Waals surface area contributed by atoms with Crippen molar-refractivity contribution in [2.24, 2.45) is 5.92 Å². The number of fused-ring (bicyclic) bond motifs is 3. The third-order valence-electron chi connectivity index (χ3n) is 5.52. The van der Waals surface area contributed by atoms with Gasteiger partial charge >= 0.3 is 0 Å². The van der Waals surface area contributed by atoms with Crippen LogP contribution in [0.4, 0.5) is 0 Å². The van der Waals surface area contributed by atoms with Gasteiger partial charge in [0.05, 0.1) is 18.0 Å².